The van der Waals surface area contributed by atoms with E-state index in [1.165, 1.54) is 24.5 Å². The smallest absolute Gasteiger partial charge is 0.423 e. The number of phenolic OH excluding ortho intramolecular Hbond substituents is 1. The van der Waals surface area contributed by atoms with Crippen LogP contribution in [0.4, 0.5) is 13.2 Å². The van der Waals surface area contributed by atoms with Crippen molar-refractivity contribution in [3.05, 3.63) is 58.7 Å². The van der Waals surface area contributed by atoms with E-state index < -0.39 is 29.0 Å². The number of hydrogen-bond donors (Lipinski definition) is 1. The molecule has 30 heavy (non-hydrogen) atoms. The molecule has 0 aromatic heterocycles. The highest BCUT2D eigenvalue weighted by atomic mass is 19.4. The number of Topliss-reactive ketones (excluding diaryl/α,β-unsaturated/α-hetero) is 1. The second-order valence-electron chi connectivity index (χ2n) is 8.06. The van der Waals surface area contributed by atoms with Crippen molar-refractivity contribution < 1.29 is 27.8 Å². The van der Waals surface area contributed by atoms with E-state index in [1.807, 2.05) is 24.3 Å². The van der Waals surface area contributed by atoms with Gasteiger partial charge in [0.25, 0.3) is 0 Å². The predicted molar refractivity (Wildman–Crippen MR) is 109 cm³/mol. The lowest BCUT2D eigenvalue weighted by Crippen LogP contribution is -2.13. The Morgan fingerprint density at radius 3 is 2.27 bits per heavy atom. The summed E-state index contributed by atoms with van der Waals surface area (Å²) in [6.45, 7) is 3.83. The molecule has 1 aliphatic rings. The van der Waals surface area contributed by atoms with Crippen LogP contribution in [0.1, 0.15) is 72.5 Å². The SMILES string of the molecule is CCOc1ccc(C(=O)Cc2ccc(C3CCC(C)CC3)cc2)c(O)c1C(F)(F)F. The molecule has 0 aliphatic heterocycles. The summed E-state index contributed by atoms with van der Waals surface area (Å²) in [7, 11) is 0. The summed E-state index contributed by atoms with van der Waals surface area (Å²) >= 11 is 0. The Kier molecular flexibility index (Phi) is 6.74. The fourth-order valence-corrected chi connectivity index (χ4v) is 4.13. The van der Waals surface area contributed by atoms with E-state index in [1.54, 1.807) is 6.92 Å². The topological polar surface area (TPSA) is 46.5 Å². The van der Waals surface area contributed by atoms with Crippen molar-refractivity contribution >= 4 is 5.78 Å². The zero-order valence-corrected chi connectivity index (χ0v) is 17.3. The number of benzene rings is 2. The number of hydrogen-bond acceptors (Lipinski definition) is 3. The highest BCUT2D eigenvalue weighted by Crippen LogP contribution is 2.44. The first kappa shape index (κ1) is 22.2. The minimum Gasteiger partial charge on any atom is -0.506 e. The summed E-state index contributed by atoms with van der Waals surface area (Å²) in [6, 6.07) is 9.98. The Morgan fingerprint density at radius 1 is 1.07 bits per heavy atom. The molecule has 0 bridgehead atoms. The van der Waals surface area contributed by atoms with Crippen LogP contribution in [0, 0.1) is 5.92 Å². The number of carbonyl (C=O) groups is 1. The van der Waals surface area contributed by atoms with Gasteiger partial charge in [-0.15, -0.1) is 0 Å². The van der Waals surface area contributed by atoms with Gasteiger partial charge in [-0.05, 0) is 54.9 Å². The number of alkyl halides is 3. The summed E-state index contributed by atoms with van der Waals surface area (Å²) in [6.07, 6.45) is -0.183. The van der Waals surface area contributed by atoms with Crippen LogP contribution in [0.2, 0.25) is 0 Å². The van der Waals surface area contributed by atoms with Crippen molar-refractivity contribution in [1.29, 1.82) is 0 Å². The van der Waals surface area contributed by atoms with Gasteiger partial charge in [0.15, 0.2) is 5.78 Å². The Bertz CT molecular complexity index is 880. The summed E-state index contributed by atoms with van der Waals surface area (Å²) in [5, 5.41) is 10.2. The van der Waals surface area contributed by atoms with Gasteiger partial charge >= 0.3 is 6.18 Å². The average molecular weight is 420 g/mol. The zero-order chi connectivity index (χ0) is 21.9. The highest BCUT2D eigenvalue weighted by molar-refractivity contribution is 6.00. The Balaban J connectivity index is 1.77. The van der Waals surface area contributed by atoms with Crippen molar-refractivity contribution in [2.45, 2.75) is 58.0 Å². The van der Waals surface area contributed by atoms with E-state index in [2.05, 4.69) is 6.92 Å². The molecule has 1 N–H and O–H groups in total. The van der Waals surface area contributed by atoms with Gasteiger partial charge in [-0.2, -0.15) is 13.2 Å². The van der Waals surface area contributed by atoms with Crippen LogP contribution >= 0.6 is 0 Å². The lowest BCUT2D eigenvalue weighted by molar-refractivity contribution is -0.140. The summed E-state index contributed by atoms with van der Waals surface area (Å²) in [5.41, 5.74) is 0.282. The van der Waals surface area contributed by atoms with Gasteiger partial charge in [0, 0.05) is 6.42 Å². The number of halogens is 3. The molecule has 1 fully saturated rings. The summed E-state index contributed by atoms with van der Waals surface area (Å²) in [4.78, 5) is 12.6. The molecular weight excluding hydrogens is 393 g/mol. The van der Waals surface area contributed by atoms with E-state index in [4.69, 9.17) is 4.74 Å². The molecule has 0 radical (unpaired) electrons. The summed E-state index contributed by atoms with van der Waals surface area (Å²) < 4.78 is 45.2. The van der Waals surface area contributed by atoms with E-state index in [0.29, 0.717) is 11.5 Å². The van der Waals surface area contributed by atoms with Gasteiger partial charge in [0.05, 0.1) is 12.2 Å². The lowest BCUT2D eigenvalue weighted by atomic mass is 9.79. The van der Waals surface area contributed by atoms with Crippen LogP contribution in [0.5, 0.6) is 11.5 Å². The fourth-order valence-electron chi connectivity index (χ4n) is 4.13. The van der Waals surface area contributed by atoms with Crippen molar-refractivity contribution in [1.82, 2.24) is 0 Å². The second-order valence-corrected chi connectivity index (χ2v) is 8.06. The van der Waals surface area contributed by atoms with Gasteiger partial charge in [-0.1, -0.05) is 44.0 Å². The maximum absolute atomic E-state index is 13.4. The number of ketones is 1. The molecule has 0 saturated heterocycles. The first-order chi connectivity index (χ1) is 14.2. The minimum atomic E-state index is -4.83. The molecule has 0 heterocycles. The molecule has 0 atom stereocenters. The van der Waals surface area contributed by atoms with Crippen LogP contribution in [0.3, 0.4) is 0 Å². The Labute approximate surface area is 174 Å². The van der Waals surface area contributed by atoms with Gasteiger partial charge in [-0.25, -0.2) is 0 Å². The third-order valence-corrected chi connectivity index (χ3v) is 5.86. The molecule has 3 rings (SSSR count). The third-order valence-electron chi connectivity index (χ3n) is 5.86. The van der Waals surface area contributed by atoms with Crippen molar-refractivity contribution in [3.8, 4) is 11.5 Å². The summed E-state index contributed by atoms with van der Waals surface area (Å²) in [5.74, 6) is -0.839. The quantitative estimate of drug-likeness (QED) is 0.541. The number of carbonyl (C=O) groups excluding carboxylic acids is 1. The first-order valence-corrected chi connectivity index (χ1v) is 10.4. The number of aromatic hydroxyl groups is 1. The van der Waals surface area contributed by atoms with Gasteiger partial charge in [-0.3, -0.25) is 4.79 Å². The second kappa shape index (κ2) is 9.11. The molecule has 1 aliphatic carbocycles. The molecule has 162 valence electrons. The maximum atomic E-state index is 13.4. The standard InChI is InChI=1S/C24H27F3O3/c1-3-30-21-13-12-19(23(29)22(21)24(25,26)27)20(28)14-16-6-10-18(11-7-16)17-8-4-15(2)5-9-17/h6-7,10-13,15,17,29H,3-5,8-9,14H2,1-2H3. The van der Waals surface area contributed by atoms with E-state index in [0.717, 1.165) is 24.8 Å². The largest absolute Gasteiger partial charge is 0.506 e. The van der Waals surface area contributed by atoms with Crippen LogP contribution in [0.15, 0.2) is 36.4 Å². The minimum absolute atomic E-state index is 0.0159. The maximum Gasteiger partial charge on any atom is 0.423 e. The predicted octanol–water partition coefficient (Wildman–Crippen LogP) is 6.53. The highest BCUT2D eigenvalue weighted by Gasteiger charge is 2.39. The third kappa shape index (κ3) is 4.97. The Morgan fingerprint density at radius 2 is 1.70 bits per heavy atom. The van der Waals surface area contributed by atoms with Gasteiger partial charge < -0.3 is 9.84 Å². The van der Waals surface area contributed by atoms with Crippen LogP contribution in [-0.2, 0) is 12.6 Å². The van der Waals surface area contributed by atoms with Crippen molar-refractivity contribution in [3.63, 3.8) is 0 Å². The first-order valence-electron chi connectivity index (χ1n) is 10.4. The van der Waals surface area contributed by atoms with E-state index in [9.17, 15) is 23.1 Å². The average Bonchev–Trinajstić information content (AvgIpc) is 2.68. The fraction of sp³-hybridized carbons (Fsp3) is 0.458. The monoisotopic (exact) mass is 420 g/mol. The van der Waals surface area contributed by atoms with Crippen molar-refractivity contribution in [2.24, 2.45) is 5.92 Å². The van der Waals surface area contributed by atoms with Crippen molar-refractivity contribution in [2.75, 3.05) is 6.61 Å². The molecule has 0 spiro atoms. The van der Waals surface area contributed by atoms with Crippen LogP contribution in [0.25, 0.3) is 0 Å². The van der Waals surface area contributed by atoms with E-state index in [-0.39, 0.29) is 18.6 Å². The molecule has 0 unspecified atom stereocenters. The number of rotatable bonds is 6. The molecule has 2 aromatic rings. The number of phenols is 1. The molecule has 1 saturated carbocycles. The molecule has 0 amide bonds. The molecule has 6 heteroatoms. The normalized spacial score (nSPS) is 19.5. The Hall–Kier alpha value is -2.50. The zero-order valence-electron chi connectivity index (χ0n) is 17.3. The molecule has 2 aromatic carbocycles. The van der Waals surface area contributed by atoms with Crippen LogP contribution < -0.4 is 4.74 Å². The van der Waals surface area contributed by atoms with Gasteiger partial charge in [0.1, 0.15) is 17.1 Å². The van der Waals surface area contributed by atoms with Crippen LogP contribution in [-0.4, -0.2) is 17.5 Å². The lowest BCUT2D eigenvalue weighted by Gasteiger charge is -2.26. The molecular formula is C24H27F3O3. The van der Waals surface area contributed by atoms with E-state index >= 15 is 0 Å². The number of ether oxygens (including phenoxy) is 1. The molecule has 3 nitrogen and oxygen atoms in total. The van der Waals surface area contributed by atoms with Gasteiger partial charge in [0.2, 0.25) is 0 Å².